The van der Waals surface area contributed by atoms with Crippen molar-refractivity contribution in [3.05, 3.63) is 0 Å². The topological polar surface area (TPSA) is 12.0 Å². The highest BCUT2D eigenvalue weighted by Gasteiger charge is 2.09. The molecule has 0 aromatic carbocycles. The molecule has 0 aromatic heterocycles. The van der Waals surface area contributed by atoms with Crippen molar-refractivity contribution in [1.29, 1.82) is 0 Å². The molecule has 1 unspecified atom stereocenters. The third-order valence-electron chi connectivity index (χ3n) is 1.83. The smallest absolute Gasteiger partial charge is 0.0379 e. The van der Waals surface area contributed by atoms with Crippen LogP contribution in [0.5, 0.6) is 0 Å². The van der Waals surface area contributed by atoms with Gasteiger partial charge in [-0.15, -0.1) is 11.6 Å². The van der Waals surface area contributed by atoms with Crippen LogP contribution in [-0.4, -0.2) is 30.0 Å². The fourth-order valence-electron chi connectivity index (χ4n) is 0.929. The van der Waals surface area contributed by atoms with Crippen LogP contribution in [0, 0.1) is 5.92 Å². The van der Waals surface area contributed by atoms with Gasteiger partial charge in [-0.2, -0.15) is 11.8 Å². The second-order valence-electron chi connectivity index (χ2n) is 3.16. The summed E-state index contributed by atoms with van der Waals surface area (Å²) in [4.78, 5) is 0. The fraction of sp³-hybridized carbons (Fsp3) is 1.00. The molecule has 0 bridgehead atoms. The minimum absolute atomic E-state index is 0.476. The summed E-state index contributed by atoms with van der Waals surface area (Å²) in [7, 11) is 0. The second-order valence-corrected chi connectivity index (χ2v) is 4.86. The van der Waals surface area contributed by atoms with Crippen molar-refractivity contribution in [2.24, 2.45) is 5.92 Å². The highest BCUT2D eigenvalue weighted by Crippen LogP contribution is 2.04. The van der Waals surface area contributed by atoms with Crippen LogP contribution in [0.4, 0.5) is 0 Å². The summed E-state index contributed by atoms with van der Waals surface area (Å²) in [6, 6.07) is 0.476. The molecular formula is C9H20ClNS. The molecule has 0 saturated carbocycles. The van der Waals surface area contributed by atoms with Crippen molar-refractivity contribution in [2.45, 2.75) is 26.8 Å². The molecule has 12 heavy (non-hydrogen) atoms. The van der Waals surface area contributed by atoms with E-state index in [1.807, 2.05) is 11.8 Å². The van der Waals surface area contributed by atoms with E-state index in [4.69, 9.17) is 11.6 Å². The molecule has 0 radical (unpaired) electrons. The fourth-order valence-corrected chi connectivity index (χ4v) is 1.95. The van der Waals surface area contributed by atoms with Crippen LogP contribution in [-0.2, 0) is 0 Å². The zero-order valence-corrected chi connectivity index (χ0v) is 9.84. The van der Waals surface area contributed by atoms with Gasteiger partial charge in [-0.3, -0.25) is 0 Å². The van der Waals surface area contributed by atoms with Gasteiger partial charge in [0.25, 0.3) is 0 Å². The van der Waals surface area contributed by atoms with Crippen molar-refractivity contribution < 1.29 is 0 Å². The Bertz CT molecular complexity index is 98.5. The molecule has 0 rings (SSSR count). The van der Waals surface area contributed by atoms with Crippen molar-refractivity contribution in [3.8, 4) is 0 Å². The van der Waals surface area contributed by atoms with Crippen LogP contribution >= 0.6 is 23.4 Å². The Hall–Kier alpha value is 0.600. The van der Waals surface area contributed by atoms with Gasteiger partial charge in [0.15, 0.2) is 0 Å². The first-order chi connectivity index (χ1) is 5.72. The highest BCUT2D eigenvalue weighted by atomic mass is 35.5. The maximum atomic E-state index is 5.81. The van der Waals surface area contributed by atoms with E-state index in [0.29, 0.717) is 17.8 Å². The zero-order valence-electron chi connectivity index (χ0n) is 8.27. The summed E-state index contributed by atoms with van der Waals surface area (Å²) < 4.78 is 0. The van der Waals surface area contributed by atoms with Gasteiger partial charge in [-0.1, -0.05) is 20.8 Å². The minimum Gasteiger partial charge on any atom is -0.312 e. The van der Waals surface area contributed by atoms with E-state index in [0.717, 1.165) is 6.54 Å². The Morgan fingerprint density at radius 2 is 2.08 bits per heavy atom. The molecule has 0 aliphatic rings. The van der Waals surface area contributed by atoms with E-state index in [2.05, 4.69) is 26.1 Å². The predicted molar refractivity (Wildman–Crippen MR) is 60.3 cm³/mol. The van der Waals surface area contributed by atoms with Gasteiger partial charge in [-0.05, 0) is 11.7 Å². The van der Waals surface area contributed by atoms with E-state index in [1.165, 1.54) is 11.5 Å². The lowest BCUT2D eigenvalue weighted by atomic mass is 10.1. The molecule has 1 atom stereocenters. The summed E-state index contributed by atoms with van der Waals surface area (Å²) in [6.45, 7) is 7.67. The molecule has 1 N–H and O–H groups in total. The van der Waals surface area contributed by atoms with Crippen LogP contribution in [0.2, 0.25) is 0 Å². The van der Waals surface area contributed by atoms with E-state index in [9.17, 15) is 0 Å². The van der Waals surface area contributed by atoms with Crippen molar-refractivity contribution >= 4 is 23.4 Å². The molecule has 0 aliphatic carbocycles. The average Bonchev–Trinajstić information content (AvgIpc) is 2.04. The van der Waals surface area contributed by atoms with E-state index in [-0.39, 0.29) is 0 Å². The molecule has 3 heteroatoms. The number of rotatable bonds is 7. The van der Waals surface area contributed by atoms with Gasteiger partial charge < -0.3 is 5.32 Å². The first kappa shape index (κ1) is 12.6. The Labute approximate surface area is 85.6 Å². The highest BCUT2D eigenvalue weighted by molar-refractivity contribution is 7.99. The molecule has 0 aromatic rings. The first-order valence-corrected chi connectivity index (χ1v) is 6.28. The molecule has 0 heterocycles. The lowest BCUT2D eigenvalue weighted by Crippen LogP contribution is -2.36. The molecular weight excluding hydrogens is 190 g/mol. The third kappa shape index (κ3) is 6.15. The minimum atomic E-state index is 0.476. The number of hydrogen-bond acceptors (Lipinski definition) is 2. The summed E-state index contributed by atoms with van der Waals surface area (Å²) in [5, 5.41) is 3.45. The molecule has 0 aliphatic heterocycles. The van der Waals surface area contributed by atoms with Crippen LogP contribution in [0.25, 0.3) is 0 Å². The molecule has 0 spiro atoms. The number of halogens is 1. The lowest BCUT2D eigenvalue weighted by molar-refractivity contribution is 0.443. The van der Waals surface area contributed by atoms with Crippen LogP contribution in [0.3, 0.4) is 0 Å². The predicted octanol–water partition coefficient (Wildman–Crippen LogP) is 2.59. The SMILES string of the molecule is CCSCCNC(CCl)C(C)C. The molecule has 1 nitrogen and oxygen atoms in total. The Kier molecular flexibility index (Phi) is 8.62. The molecule has 74 valence electrons. The number of hydrogen-bond donors (Lipinski definition) is 1. The van der Waals surface area contributed by atoms with Crippen molar-refractivity contribution in [2.75, 3.05) is 23.9 Å². The summed E-state index contributed by atoms with van der Waals surface area (Å²) in [5.74, 6) is 3.74. The van der Waals surface area contributed by atoms with Crippen molar-refractivity contribution in [1.82, 2.24) is 5.32 Å². The number of nitrogens with one attached hydrogen (secondary N) is 1. The third-order valence-corrected chi connectivity index (χ3v) is 3.06. The largest absolute Gasteiger partial charge is 0.312 e. The van der Waals surface area contributed by atoms with Crippen LogP contribution in [0.1, 0.15) is 20.8 Å². The summed E-state index contributed by atoms with van der Waals surface area (Å²) in [6.07, 6.45) is 0. The summed E-state index contributed by atoms with van der Waals surface area (Å²) >= 11 is 7.77. The van der Waals surface area contributed by atoms with Gasteiger partial charge in [0.1, 0.15) is 0 Å². The monoisotopic (exact) mass is 209 g/mol. The quantitative estimate of drug-likeness (QED) is 0.511. The van der Waals surface area contributed by atoms with E-state index >= 15 is 0 Å². The van der Waals surface area contributed by atoms with Crippen LogP contribution < -0.4 is 5.32 Å². The van der Waals surface area contributed by atoms with Gasteiger partial charge in [0.2, 0.25) is 0 Å². The summed E-state index contributed by atoms with van der Waals surface area (Å²) in [5.41, 5.74) is 0. The standard InChI is InChI=1S/C9H20ClNS/c1-4-12-6-5-11-9(7-10)8(2)3/h8-9,11H,4-7H2,1-3H3. The second kappa shape index (κ2) is 8.21. The Morgan fingerprint density at radius 3 is 2.50 bits per heavy atom. The van der Waals surface area contributed by atoms with Gasteiger partial charge in [0.05, 0.1) is 0 Å². The Morgan fingerprint density at radius 1 is 1.42 bits per heavy atom. The Balaban J connectivity index is 3.32. The molecule has 0 amide bonds. The average molecular weight is 210 g/mol. The van der Waals surface area contributed by atoms with Crippen LogP contribution in [0.15, 0.2) is 0 Å². The lowest BCUT2D eigenvalue weighted by Gasteiger charge is -2.19. The maximum absolute atomic E-state index is 5.81. The molecule has 0 fully saturated rings. The number of thioether (sulfide) groups is 1. The normalized spacial score (nSPS) is 13.8. The maximum Gasteiger partial charge on any atom is 0.0379 e. The first-order valence-electron chi connectivity index (χ1n) is 4.59. The van der Waals surface area contributed by atoms with Gasteiger partial charge in [-0.25, -0.2) is 0 Å². The van der Waals surface area contributed by atoms with E-state index < -0.39 is 0 Å². The van der Waals surface area contributed by atoms with Gasteiger partial charge in [0, 0.05) is 24.2 Å². The van der Waals surface area contributed by atoms with Gasteiger partial charge >= 0.3 is 0 Å². The zero-order chi connectivity index (χ0) is 9.40. The molecule has 0 saturated heterocycles. The number of alkyl halides is 1. The van der Waals surface area contributed by atoms with E-state index in [1.54, 1.807) is 0 Å². The van der Waals surface area contributed by atoms with Crippen molar-refractivity contribution in [3.63, 3.8) is 0 Å².